The topological polar surface area (TPSA) is 27.3 Å². The summed E-state index contributed by atoms with van der Waals surface area (Å²) in [5.74, 6) is 0. The fourth-order valence-corrected chi connectivity index (χ4v) is 2.68. The number of nitrogens with one attached hydrogen (secondary N) is 2. The number of rotatable bonds is 5. The third-order valence-electron chi connectivity index (χ3n) is 3.86. The minimum Gasteiger partial charge on any atom is -0.314 e. The van der Waals surface area contributed by atoms with Gasteiger partial charge in [0.1, 0.15) is 0 Å². The smallest absolute Gasteiger partial charge is 0.0332 e. The molecule has 1 aromatic carbocycles. The molecule has 1 fully saturated rings. The molecule has 0 spiro atoms. The van der Waals surface area contributed by atoms with E-state index < -0.39 is 0 Å². The summed E-state index contributed by atoms with van der Waals surface area (Å²) in [5, 5.41) is 6.86. The summed E-state index contributed by atoms with van der Waals surface area (Å²) >= 11 is 0. The van der Waals surface area contributed by atoms with E-state index in [0.717, 1.165) is 13.1 Å². The van der Waals surface area contributed by atoms with Crippen LogP contribution < -0.4 is 10.6 Å². The van der Waals surface area contributed by atoms with Gasteiger partial charge in [-0.2, -0.15) is 0 Å². The molecule has 100 valence electrons. The zero-order valence-electron chi connectivity index (χ0n) is 11.6. The predicted octanol–water partition coefficient (Wildman–Crippen LogP) is 1.55. The molecule has 0 amide bonds. The predicted molar refractivity (Wildman–Crippen MR) is 76.9 cm³/mol. The number of hydrogen-bond donors (Lipinski definition) is 2. The fourth-order valence-electron chi connectivity index (χ4n) is 2.68. The van der Waals surface area contributed by atoms with Gasteiger partial charge in [0.05, 0.1) is 0 Å². The zero-order valence-corrected chi connectivity index (χ0v) is 11.6. The minimum absolute atomic E-state index is 0.473. The van der Waals surface area contributed by atoms with Gasteiger partial charge >= 0.3 is 0 Å². The number of benzene rings is 1. The lowest BCUT2D eigenvalue weighted by Gasteiger charge is -2.29. The Kier molecular flexibility index (Phi) is 5.17. The quantitative estimate of drug-likeness (QED) is 0.827. The van der Waals surface area contributed by atoms with Crippen LogP contribution in [0, 0.1) is 6.92 Å². The van der Waals surface area contributed by atoms with Gasteiger partial charge < -0.3 is 15.5 Å². The van der Waals surface area contributed by atoms with Crippen LogP contribution in [0.15, 0.2) is 24.3 Å². The maximum absolute atomic E-state index is 3.46. The summed E-state index contributed by atoms with van der Waals surface area (Å²) in [6.45, 7) is 8.02. The van der Waals surface area contributed by atoms with Crippen molar-refractivity contribution in [2.24, 2.45) is 0 Å². The normalized spacial score (nSPS) is 18.8. The van der Waals surface area contributed by atoms with Gasteiger partial charge in [0, 0.05) is 38.8 Å². The van der Waals surface area contributed by atoms with Crippen LogP contribution in [-0.2, 0) is 0 Å². The Bertz CT molecular complexity index is 359. The van der Waals surface area contributed by atoms with E-state index in [2.05, 4.69) is 53.8 Å². The van der Waals surface area contributed by atoms with Crippen molar-refractivity contribution in [2.75, 3.05) is 39.8 Å². The van der Waals surface area contributed by atoms with Gasteiger partial charge in [0.25, 0.3) is 0 Å². The van der Waals surface area contributed by atoms with E-state index in [0.29, 0.717) is 6.04 Å². The number of aryl methyl sites for hydroxylation is 1. The molecule has 0 saturated carbocycles. The second kappa shape index (κ2) is 6.88. The Morgan fingerprint density at radius 3 is 2.67 bits per heavy atom. The lowest BCUT2D eigenvalue weighted by atomic mass is 9.98. The molecule has 0 aliphatic carbocycles. The van der Waals surface area contributed by atoms with Crippen LogP contribution >= 0.6 is 0 Å². The highest BCUT2D eigenvalue weighted by Gasteiger charge is 2.14. The third-order valence-corrected chi connectivity index (χ3v) is 3.86. The summed E-state index contributed by atoms with van der Waals surface area (Å²) in [7, 11) is 2.06. The van der Waals surface area contributed by atoms with E-state index in [1.165, 1.54) is 37.2 Å². The highest BCUT2D eigenvalue weighted by atomic mass is 15.2. The van der Waals surface area contributed by atoms with E-state index in [-0.39, 0.29) is 0 Å². The lowest BCUT2D eigenvalue weighted by molar-refractivity contribution is 0.229. The standard InChI is InChI=1S/C15H25N3/c1-13-5-3-4-6-14(13)15(16-2)7-10-18-11-8-17-9-12-18/h3-6,15-17H,7-12H2,1-2H3. The summed E-state index contributed by atoms with van der Waals surface area (Å²) in [6, 6.07) is 9.17. The molecule has 1 aliphatic rings. The van der Waals surface area contributed by atoms with E-state index in [1.807, 2.05) is 0 Å². The number of hydrogen-bond acceptors (Lipinski definition) is 3. The first kappa shape index (κ1) is 13.5. The average Bonchev–Trinajstić information content (AvgIpc) is 2.42. The van der Waals surface area contributed by atoms with Crippen LogP contribution in [-0.4, -0.2) is 44.7 Å². The molecule has 0 aromatic heterocycles. The van der Waals surface area contributed by atoms with Crippen LogP contribution in [0.3, 0.4) is 0 Å². The molecule has 2 rings (SSSR count). The van der Waals surface area contributed by atoms with Gasteiger partial charge in [-0.3, -0.25) is 0 Å². The second-order valence-electron chi connectivity index (χ2n) is 5.08. The SMILES string of the molecule is CNC(CCN1CCNCC1)c1ccccc1C. The van der Waals surface area contributed by atoms with Gasteiger partial charge in [0.2, 0.25) is 0 Å². The van der Waals surface area contributed by atoms with Crippen molar-refractivity contribution >= 4 is 0 Å². The molecule has 0 radical (unpaired) electrons. The average molecular weight is 247 g/mol. The van der Waals surface area contributed by atoms with Crippen molar-refractivity contribution in [3.05, 3.63) is 35.4 Å². The van der Waals surface area contributed by atoms with E-state index >= 15 is 0 Å². The Morgan fingerprint density at radius 2 is 2.00 bits per heavy atom. The summed E-state index contributed by atoms with van der Waals surface area (Å²) < 4.78 is 0. The first-order chi connectivity index (χ1) is 8.81. The molecule has 3 heteroatoms. The minimum atomic E-state index is 0.473. The van der Waals surface area contributed by atoms with E-state index in [4.69, 9.17) is 0 Å². The van der Waals surface area contributed by atoms with Crippen molar-refractivity contribution in [1.82, 2.24) is 15.5 Å². The van der Waals surface area contributed by atoms with Crippen molar-refractivity contribution in [3.63, 3.8) is 0 Å². The molecule has 2 N–H and O–H groups in total. The highest BCUT2D eigenvalue weighted by Crippen LogP contribution is 2.20. The number of nitrogens with zero attached hydrogens (tertiary/aromatic N) is 1. The zero-order chi connectivity index (χ0) is 12.8. The lowest BCUT2D eigenvalue weighted by Crippen LogP contribution is -2.44. The Balaban J connectivity index is 1.91. The van der Waals surface area contributed by atoms with Crippen molar-refractivity contribution < 1.29 is 0 Å². The Hall–Kier alpha value is -0.900. The molecule has 1 heterocycles. The molecule has 3 nitrogen and oxygen atoms in total. The monoisotopic (exact) mass is 247 g/mol. The molecule has 1 unspecified atom stereocenters. The molecule has 1 saturated heterocycles. The van der Waals surface area contributed by atoms with Crippen LogP contribution in [0.2, 0.25) is 0 Å². The van der Waals surface area contributed by atoms with Crippen molar-refractivity contribution in [1.29, 1.82) is 0 Å². The first-order valence-electron chi connectivity index (χ1n) is 6.97. The summed E-state index contributed by atoms with van der Waals surface area (Å²) in [6.07, 6.45) is 1.18. The van der Waals surface area contributed by atoms with Crippen molar-refractivity contribution in [2.45, 2.75) is 19.4 Å². The molecule has 1 aromatic rings. The van der Waals surface area contributed by atoms with Gasteiger partial charge in [0.15, 0.2) is 0 Å². The third kappa shape index (κ3) is 3.55. The van der Waals surface area contributed by atoms with Gasteiger partial charge in [-0.05, 0) is 31.5 Å². The molecule has 1 aliphatic heterocycles. The molecule has 1 atom stereocenters. The largest absolute Gasteiger partial charge is 0.314 e. The van der Waals surface area contributed by atoms with Crippen LogP contribution in [0.1, 0.15) is 23.6 Å². The molecule has 0 bridgehead atoms. The van der Waals surface area contributed by atoms with E-state index in [1.54, 1.807) is 0 Å². The van der Waals surface area contributed by atoms with E-state index in [9.17, 15) is 0 Å². The van der Waals surface area contributed by atoms with Crippen molar-refractivity contribution in [3.8, 4) is 0 Å². The van der Waals surface area contributed by atoms with Gasteiger partial charge in [-0.1, -0.05) is 24.3 Å². The highest BCUT2D eigenvalue weighted by molar-refractivity contribution is 5.28. The summed E-state index contributed by atoms with van der Waals surface area (Å²) in [5.41, 5.74) is 2.83. The van der Waals surface area contributed by atoms with Gasteiger partial charge in [-0.15, -0.1) is 0 Å². The maximum atomic E-state index is 3.46. The second-order valence-corrected chi connectivity index (χ2v) is 5.08. The maximum Gasteiger partial charge on any atom is 0.0332 e. The van der Waals surface area contributed by atoms with Gasteiger partial charge in [-0.25, -0.2) is 0 Å². The molecular formula is C15H25N3. The van der Waals surface area contributed by atoms with Crippen LogP contribution in [0.4, 0.5) is 0 Å². The fraction of sp³-hybridized carbons (Fsp3) is 0.600. The molecule has 18 heavy (non-hydrogen) atoms. The summed E-state index contributed by atoms with van der Waals surface area (Å²) in [4.78, 5) is 2.55. The molecular weight excluding hydrogens is 222 g/mol. The Labute approximate surface area is 111 Å². The number of piperazine rings is 1. The Morgan fingerprint density at radius 1 is 1.28 bits per heavy atom. The van der Waals surface area contributed by atoms with Crippen LogP contribution in [0.25, 0.3) is 0 Å². The van der Waals surface area contributed by atoms with Crippen LogP contribution in [0.5, 0.6) is 0 Å². The first-order valence-corrected chi connectivity index (χ1v) is 6.97.